The Balaban J connectivity index is -0.000000230. The van der Waals surface area contributed by atoms with Gasteiger partial charge in [-0.1, -0.05) is 0 Å². The van der Waals surface area contributed by atoms with Gasteiger partial charge in [0.2, 0.25) is 0 Å². The second-order valence-corrected chi connectivity index (χ2v) is 4.12. The molecule has 12 N–H and O–H groups in total. The lowest BCUT2D eigenvalue weighted by Gasteiger charge is -1.84. The molecule has 0 aromatic carbocycles. The molecule has 0 saturated carbocycles. The molecule has 0 unspecified atom stereocenters. The number of aromatic amines is 3. The van der Waals surface area contributed by atoms with E-state index >= 15 is 0 Å². The van der Waals surface area contributed by atoms with Crippen molar-refractivity contribution in [3.05, 3.63) is 14.3 Å². The maximum atomic E-state index is 7.75. The quantitative estimate of drug-likeness (QED) is 0.294. The number of hydrogen-bond donors (Lipinski definition) is 9. The molecule has 0 atom stereocenters. The van der Waals surface area contributed by atoms with Gasteiger partial charge in [0.25, 0.3) is 0 Å². The van der Waals surface area contributed by atoms with Crippen LogP contribution in [0.4, 0.5) is 0 Å². The minimum absolute atomic E-state index is 0.0972. The first kappa shape index (κ1) is 25.4. The first-order valence-electron chi connectivity index (χ1n) is 5.79. The fraction of sp³-hybridized carbons (Fsp3) is 0.667. The highest BCUT2D eigenvalue weighted by Crippen LogP contribution is 1.79. The van der Waals surface area contributed by atoms with Crippen molar-refractivity contribution in [2.45, 2.75) is 0 Å². The molecule has 0 saturated heterocycles. The predicted molar refractivity (Wildman–Crippen MR) is 90.4 cm³/mol. The second-order valence-electron chi connectivity index (χ2n) is 2.90. The lowest BCUT2D eigenvalue weighted by Crippen LogP contribution is -2.02. The molecule has 0 bridgehead atoms. The van der Waals surface area contributed by atoms with E-state index in [0.717, 1.165) is 0 Å². The minimum atomic E-state index is 0.0972. The van der Waals surface area contributed by atoms with Crippen molar-refractivity contribution in [2.75, 3.05) is 39.5 Å². The number of H-pyrrole nitrogens is 3. The van der Waals surface area contributed by atoms with Gasteiger partial charge < -0.3 is 47.5 Å². The second kappa shape index (κ2) is 21.7. The average Bonchev–Trinajstić information content (AvgIpc) is 2.46. The number of aliphatic hydroxyl groups is 3. The minimum Gasteiger partial charge on any atom is -0.395 e. The summed E-state index contributed by atoms with van der Waals surface area (Å²) in [5, 5.41) is 23.2. The van der Waals surface area contributed by atoms with Crippen LogP contribution in [0.25, 0.3) is 0 Å². The molecule has 1 aromatic heterocycles. The van der Waals surface area contributed by atoms with E-state index in [1.54, 1.807) is 0 Å². The van der Waals surface area contributed by atoms with Crippen LogP contribution in [0.2, 0.25) is 0 Å². The Morgan fingerprint density at radius 3 is 0.857 bits per heavy atom. The Kier molecular flexibility index (Phi) is 26.3. The molecule has 12 heteroatoms. The molecular weight excluding hydrogens is 336 g/mol. The van der Waals surface area contributed by atoms with Crippen LogP contribution in [0, 0.1) is 14.3 Å². The zero-order valence-corrected chi connectivity index (χ0v) is 14.0. The van der Waals surface area contributed by atoms with E-state index in [1.165, 1.54) is 0 Å². The summed E-state index contributed by atoms with van der Waals surface area (Å²) in [7, 11) is 0. The number of nitrogens with one attached hydrogen (secondary N) is 3. The van der Waals surface area contributed by atoms with Gasteiger partial charge >= 0.3 is 0 Å². The summed E-state index contributed by atoms with van der Waals surface area (Å²) >= 11 is 14.2. The molecule has 0 aliphatic rings. The van der Waals surface area contributed by atoms with E-state index in [1.807, 2.05) is 0 Å². The lowest BCUT2D eigenvalue weighted by atomic mass is 10.8. The van der Waals surface area contributed by atoms with Crippen LogP contribution in [-0.2, 0) is 0 Å². The highest BCUT2D eigenvalue weighted by molar-refractivity contribution is 7.72. The molecule has 1 aromatic rings. The largest absolute Gasteiger partial charge is 0.395 e. The summed E-state index contributed by atoms with van der Waals surface area (Å²) in [6.07, 6.45) is 0. The summed E-state index contributed by atoms with van der Waals surface area (Å²) in [5.41, 5.74) is 14.3. The normalized spacial score (nSPS) is 8.29. The monoisotopic (exact) mass is 360 g/mol. The highest BCUT2D eigenvalue weighted by atomic mass is 32.1. The zero-order chi connectivity index (χ0) is 17.1. The topological polar surface area (TPSA) is 186 Å². The van der Waals surface area contributed by atoms with Crippen LogP contribution in [0.3, 0.4) is 0 Å². The average molecular weight is 361 g/mol. The molecule has 0 spiro atoms. The van der Waals surface area contributed by atoms with Gasteiger partial charge in [0.15, 0.2) is 14.3 Å². The molecule has 9 nitrogen and oxygen atoms in total. The molecule has 1 rings (SSSR count). The van der Waals surface area contributed by atoms with E-state index in [0.29, 0.717) is 33.9 Å². The summed E-state index contributed by atoms with van der Waals surface area (Å²) in [4.78, 5) is 7.99. The molecule has 0 radical (unpaired) electrons. The smallest absolute Gasteiger partial charge is 0.178 e. The van der Waals surface area contributed by atoms with Gasteiger partial charge in [-0.05, 0) is 36.7 Å². The van der Waals surface area contributed by atoms with Gasteiger partial charge in [0.1, 0.15) is 0 Å². The first-order valence-corrected chi connectivity index (χ1v) is 7.01. The Bertz CT molecular complexity index is 367. The van der Waals surface area contributed by atoms with Gasteiger partial charge in [-0.3, -0.25) is 0 Å². The molecule has 126 valence electrons. The van der Waals surface area contributed by atoms with Crippen molar-refractivity contribution >= 4 is 36.7 Å². The van der Waals surface area contributed by atoms with Crippen molar-refractivity contribution in [3.63, 3.8) is 0 Å². The molecule has 0 aliphatic carbocycles. The predicted octanol–water partition coefficient (Wildman–Crippen LogP) is -1.33. The maximum absolute atomic E-state index is 7.75. The molecule has 0 amide bonds. The summed E-state index contributed by atoms with van der Waals surface area (Å²) < 4.78 is 1.34. The standard InChI is InChI=1S/C3H3N3S3.3C2H7NO/c7-1-4-2(8)6-3(9)5-1;3*3-1-2-4/h(H3,4,5,6,7,8,9);3*4H,1-3H2. The number of nitrogens with two attached hydrogens (primary N) is 3. The summed E-state index contributed by atoms with van der Waals surface area (Å²) in [6, 6.07) is 0. The number of hydrogen-bond acceptors (Lipinski definition) is 9. The van der Waals surface area contributed by atoms with Gasteiger partial charge in [-0.2, -0.15) is 0 Å². The Hall–Kier alpha value is -0.570. The fourth-order valence-corrected chi connectivity index (χ4v) is 1.21. The molecule has 1 heterocycles. The molecule has 0 fully saturated rings. The Morgan fingerprint density at radius 2 is 0.762 bits per heavy atom. The van der Waals surface area contributed by atoms with Crippen molar-refractivity contribution in [1.82, 2.24) is 15.0 Å². The van der Waals surface area contributed by atoms with Crippen LogP contribution >= 0.6 is 36.7 Å². The fourth-order valence-electron chi connectivity index (χ4n) is 0.403. The molecular formula is C9H24N6O3S3. The van der Waals surface area contributed by atoms with Crippen molar-refractivity contribution in [2.24, 2.45) is 17.2 Å². The van der Waals surface area contributed by atoms with E-state index in [4.69, 9.17) is 69.2 Å². The number of rotatable bonds is 3. The Morgan fingerprint density at radius 1 is 0.619 bits per heavy atom. The zero-order valence-electron chi connectivity index (χ0n) is 11.5. The molecule has 21 heavy (non-hydrogen) atoms. The van der Waals surface area contributed by atoms with Crippen molar-refractivity contribution in [3.8, 4) is 0 Å². The van der Waals surface area contributed by atoms with E-state index in [2.05, 4.69) is 15.0 Å². The van der Waals surface area contributed by atoms with Gasteiger partial charge in [-0.25, -0.2) is 0 Å². The third kappa shape index (κ3) is 28.3. The van der Waals surface area contributed by atoms with Gasteiger partial charge in [0, 0.05) is 19.6 Å². The highest BCUT2D eigenvalue weighted by Gasteiger charge is 1.76. The summed E-state index contributed by atoms with van der Waals surface area (Å²) in [6.45, 7) is 1.42. The van der Waals surface area contributed by atoms with E-state index in [9.17, 15) is 0 Å². The summed E-state index contributed by atoms with van der Waals surface area (Å²) in [5.74, 6) is 0. The van der Waals surface area contributed by atoms with E-state index < -0.39 is 0 Å². The number of aromatic nitrogens is 3. The third-order valence-corrected chi connectivity index (χ3v) is 1.68. The Labute approximate surface area is 138 Å². The SMILES string of the molecule is NCCO.NCCO.NCCO.S=c1[nH]c(=S)[nH]c(=S)[nH]1. The van der Waals surface area contributed by atoms with Crippen molar-refractivity contribution in [1.29, 1.82) is 0 Å². The van der Waals surface area contributed by atoms with Crippen LogP contribution in [0.5, 0.6) is 0 Å². The van der Waals surface area contributed by atoms with Crippen LogP contribution in [-0.4, -0.2) is 69.7 Å². The van der Waals surface area contributed by atoms with Crippen LogP contribution < -0.4 is 17.2 Å². The van der Waals surface area contributed by atoms with Gasteiger partial charge in [0.05, 0.1) is 19.8 Å². The van der Waals surface area contributed by atoms with Gasteiger partial charge in [-0.15, -0.1) is 0 Å². The maximum Gasteiger partial charge on any atom is 0.178 e. The lowest BCUT2D eigenvalue weighted by molar-refractivity contribution is 0.306. The van der Waals surface area contributed by atoms with Crippen LogP contribution in [0.15, 0.2) is 0 Å². The molecule has 0 aliphatic heterocycles. The number of aliphatic hydroxyl groups excluding tert-OH is 3. The third-order valence-electron chi connectivity index (χ3n) is 1.07. The van der Waals surface area contributed by atoms with Crippen molar-refractivity contribution < 1.29 is 15.3 Å². The first-order chi connectivity index (χ1) is 9.92. The van der Waals surface area contributed by atoms with Crippen LogP contribution in [0.1, 0.15) is 0 Å². The van der Waals surface area contributed by atoms with E-state index in [-0.39, 0.29) is 19.8 Å².